The first-order chi connectivity index (χ1) is 14.6. The highest BCUT2D eigenvalue weighted by Gasteiger charge is 2.07. The molecule has 30 heavy (non-hydrogen) atoms. The van der Waals surface area contributed by atoms with Crippen LogP contribution in [0.25, 0.3) is 28.6 Å². The zero-order valence-electron chi connectivity index (χ0n) is 17.3. The Labute approximate surface area is 177 Å². The molecule has 0 spiro atoms. The Morgan fingerprint density at radius 1 is 1.03 bits per heavy atom. The summed E-state index contributed by atoms with van der Waals surface area (Å²) in [5, 5.41) is 9.28. The van der Waals surface area contributed by atoms with Gasteiger partial charge in [-0.2, -0.15) is 0 Å². The van der Waals surface area contributed by atoms with Crippen LogP contribution in [0.15, 0.2) is 73.6 Å². The number of aliphatic hydroxyl groups is 1. The van der Waals surface area contributed by atoms with E-state index in [0.29, 0.717) is 17.8 Å². The normalized spacial score (nSPS) is 12.2. The van der Waals surface area contributed by atoms with Crippen molar-refractivity contribution in [2.45, 2.75) is 38.7 Å². The molecule has 1 unspecified atom stereocenters. The van der Waals surface area contributed by atoms with Crippen LogP contribution in [0, 0.1) is 5.82 Å². The molecule has 1 aromatic heterocycles. The number of benzene rings is 2. The van der Waals surface area contributed by atoms with E-state index < -0.39 is 0 Å². The standard InChI is InChI=1S/C26H27FN2O/c1-3-7-21-14-15-23(16-25(21)27)24-17-28-26(29-18-24)22-12-10-20(11-13-22)9-6-4-5-8-19(2)30/h3,6,9-19,30H,1,4-5,7-8H2,2H3. The summed E-state index contributed by atoms with van der Waals surface area (Å²) >= 11 is 0. The summed E-state index contributed by atoms with van der Waals surface area (Å²) in [5.41, 5.74) is 4.20. The van der Waals surface area contributed by atoms with Crippen molar-refractivity contribution in [2.75, 3.05) is 0 Å². The van der Waals surface area contributed by atoms with Crippen molar-refractivity contribution in [1.29, 1.82) is 0 Å². The molecule has 0 aliphatic heterocycles. The fourth-order valence-electron chi connectivity index (χ4n) is 3.17. The first-order valence-electron chi connectivity index (χ1n) is 10.2. The molecule has 0 amide bonds. The minimum Gasteiger partial charge on any atom is -0.393 e. The predicted molar refractivity (Wildman–Crippen MR) is 121 cm³/mol. The highest BCUT2D eigenvalue weighted by Crippen LogP contribution is 2.23. The van der Waals surface area contributed by atoms with Crippen LogP contribution in [-0.2, 0) is 6.42 Å². The summed E-state index contributed by atoms with van der Waals surface area (Å²) in [5.74, 6) is 0.390. The molecular formula is C26H27FN2O. The molecule has 3 aromatic rings. The lowest BCUT2D eigenvalue weighted by atomic mass is 10.0. The Bertz CT molecular complexity index is 993. The van der Waals surface area contributed by atoms with Crippen LogP contribution < -0.4 is 0 Å². The van der Waals surface area contributed by atoms with E-state index in [1.165, 1.54) is 6.07 Å². The van der Waals surface area contributed by atoms with Crippen molar-refractivity contribution in [2.24, 2.45) is 0 Å². The second-order valence-electron chi connectivity index (χ2n) is 7.40. The summed E-state index contributed by atoms with van der Waals surface area (Å²) in [7, 11) is 0. The second kappa shape index (κ2) is 10.6. The van der Waals surface area contributed by atoms with E-state index in [9.17, 15) is 9.50 Å². The Balaban J connectivity index is 1.65. The van der Waals surface area contributed by atoms with Crippen LogP contribution in [0.4, 0.5) is 4.39 Å². The molecule has 2 aromatic carbocycles. The van der Waals surface area contributed by atoms with Crippen LogP contribution >= 0.6 is 0 Å². The van der Waals surface area contributed by atoms with Crippen molar-refractivity contribution >= 4 is 6.08 Å². The van der Waals surface area contributed by atoms with Crippen LogP contribution in [0.3, 0.4) is 0 Å². The average molecular weight is 403 g/mol. The van der Waals surface area contributed by atoms with Crippen molar-refractivity contribution in [3.8, 4) is 22.5 Å². The number of hydrogen-bond acceptors (Lipinski definition) is 3. The molecule has 3 rings (SSSR count). The van der Waals surface area contributed by atoms with E-state index in [1.54, 1.807) is 24.5 Å². The number of hydrogen-bond donors (Lipinski definition) is 1. The predicted octanol–water partition coefficient (Wildman–Crippen LogP) is 6.24. The summed E-state index contributed by atoms with van der Waals surface area (Å²) in [6.07, 6.45) is 12.4. The van der Waals surface area contributed by atoms with E-state index in [2.05, 4.69) is 28.7 Å². The van der Waals surface area contributed by atoms with Crippen LogP contribution in [-0.4, -0.2) is 21.2 Å². The molecule has 0 bridgehead atoms. The highest BCUT2D eigenvalue weighted by molar-refractivity contribution is 5.65. The van der Waals surface area contributed by atoms with Gasteiger partial charge in [-0.1, -0.05) is 54.6 Å². The minimum atomic E-state index is -0.244. The number of halogens is 1. The van der Waals surface area contributed by atoms with Crippen molar-refractivity contribution in [3.05, 3.63) is 90.5 Å². The molecule has 0 radical (unpaired) electrons. The van der Waals surface area contributed by atoms with Crippen molar-refractivity contribution in [1.82, 2.24) is 9.97 Å². The zero-order valence-corrected chi connectivity index (χ0v) is 17.3. The lowest BCUT2D eigenvalue weighted by Gasteiger charge is -2.06. The molecular weight excluding hydrogens is 375 g/mol. The van der Waals surface area contributed by atoms with Gasteiger partial charge < -0.3 is 5.11 Å². The molecule has 154 valence electrons. The van der Waals surface area contributed by atoms with Gasteiger partial charge in [0.2, 0.25) is 0 Å². The van der Waals surface area contributed by atoms with Crippen LogP contribution in [0.1, 0.15) is 37.3 Å². The third kappa shape index (κ3) is 5.94. The number of allylic oxidation sites excluding steroid dienone is 2. The van der Waals surface area contributed by atoms with Crippen LogP contribution in [0.5, 0.6) is 0 Å². The Kier molecular flexibility index (Phi) is 7.63. The van der Waals surface area contributed by atoms with Gasteiger partial charge in [0.1, 0.15) is 5.82 Å². The van der Waals surface area contributed by atoms with Gasteiger partial charge in [-0.05, 0) is 55.4 Å². The van der Waals surface area contributed by atoms with Gasteiger partial charge in [-0.3, -0.25) is 0 Å². The van der Waals surface area contributed by atoms with E-state index in [1.807, 2.05) is 37.3 Å². The quantitative estimate of drug-likeness (QED) is 0.340. The molecule has 3 nitrogen and oxygen atoms in total. The average Bonchev–Trinajstić information content (AvgIpc) is 2.75. The Hall–Kier alpha value is -3.11. The topological polar surface area (TPSA) is 46.0 Å². The van der Waals surface area contributed by atoms with E-state index in [4.69, 9.17) is 0 Å². The van der Waals surface area contributed by atoms with Gasteiger partial charge in [-0.15, -0.1) is 6.58 Å². The van der Waals surface area contributed by atoms with Crippen molar-refractivity contribution in [3.63, 3.8) is 0 Å². The molecule has 1 atom stereocenters. The fourth-order valence-corrected chi connectivity index (χ4v) is 3.17. The first-order valence-corrected chi connectivity index (χ1v) is 10.2. The number of nitrogens with zero attached hydrogens (tertiary/aromatic N) is 2. The largest absolute Gasteiger partial charge is 0.393 e. The monoisotopic (exact) mass is 402 g/mol. The third-order valence-corrected chi connectivity index (χ3v) is 4.87. The fraction of sp³-hybridized carbons (Fsp3) is 0.231. The van der Waals surface area contributed by atoms with Gasteiger partial charge in [0.15, 0.2) is 5.82 Å². The van der Waals surface area contributed by atoms with Gasteiger partial charge in [0, 0.05) is 23.5 Å². The van der Waals surface area contributed by atoms with Crippen LogP contribution in [0.2, 0.25) is 0 Å². The van der Waals surface area contributed by atoms with Gasteiger partial charge in [0.05, 0.1) is 6.10 Å². The Morgan fingerprint density at radius 3 is 2.37 bits per heavy atom. The number of aliphatic hydroxyl groups excluding tert-OH is 1. The first kappa shape index (κ1) is 21.6. The maximum absolute atomic E-state index is 14.2. The molecule has 0 saturated heterocycles. The highest BCUT2D eigenvalue weighted by atomic mass is 19.1. The third-order valence-electron chi connectivity index (χ3n) is 4.87. The summed E-state index contributed by atoms with van der Waals surface area (Å²) in [4.78, 5) is 8.91. The molecule has 4 heteroatoms. The molecule has 0 saturated carbocycles. The Morgan fingerprint density at radius 2 is 1.73 bits per heavy atom. The lowest BCUT2D eigenvalue weighted by molar-refractivity contribution is 0.182. The zero-order chi connectivity index (χ0) is 21.3. The molecule has 0 aliphatic carbocycles. The smallest absolute Gasteiger partial charge is 0.159 e. The molecule has 1 N–H and O–H groups in total. The van der Waals surface area contributed by atoms with Gasteiger partial charge >= 0.3 is 0 Å². The lowest BCUT2D eigenvalue weighted by Crippen LogP contribution is -1.97. The maximum Gasteiger partial charge on any atom is 0.159 e. The number of unbranched alkanes of at least 4 members (excludes halogenated alkanes) is 1. The second-order valence-corrected chi connectivity index (χ2v) is 7.40. The SMILES string of the molecule is C=CCc1ccc(-c2cnc(-c3ccc(C=CCCCC(C)O)cc3)nc2)cc1F. The van der Waals surface area contributed by atoms with E-state index >= 15 is 0 Å². The molecule has 0 aliphatic rings. The minimum absolute atomic E-state index is 0.236. The summed E-state index contributed by atoms with van der Waals surface area (Å²) in [6, 6.07) is 13.2. The number of aromatic nitrogens is 2. The summed E-state index contributed by atoms with van der Waals surface area (Å²) in [6.45, 7) is 5.47. The van der Waals surface area contributed by atoms with E-state index in [-0.39, 0.29) is 11.9 Å². The molecule has 1 heterocycles. The number of rotatable bonds is 9. The van der Waals surface area contributed by atoms with E-state index in [0.717, 1.165) is 41.5 Å². The van der Waals surface area contributed by atoms with Gasteiger partial charge in [-0.25, -0.2) is 14.4 Å². The molecule has 0 fully saturated rings. The van der Waals surface area contributed by atoms with Crippen molar-refractivity contribution < 1.29 is 9.50 Å². The summed E-state index contributed by atoms with van der Waals surface area (Å²) < 4.78 is 14.2. The maximum atomic E-state index is 14.2. The van der Waals surface area contributed by atoms with Gasteiger partial charge in [0.25, 0.3) is 0 Å².